The van der Waals surface area contributed by atoms with Gasteiger partial charge in [-0.05, 0) is 12.8 Å². The Labute approximate surface area is 74.2 Å². The third-order valence-corrected chi connectivity index (χ3v) is 1.95. The topological polar surface area (TPSA) is 117 Å². The Balaban J connectivity index is 2.44. The van der Waals surface area contributed by atoms with Gasteiger partial charge >= 0.3 is 11.9 Å². The molecule has 0 unspecified atom stereocenters. The molecule has 0 radical (unpaired) electrons. The fourth-order valence-electron chi connectivity index (χ4n) is 1.28. The Kier molecular flexibility index (Phi) is 3.18. The minimum atomic E-state index is -0.590. The molecule has 13 heavy (non-hydrogen) atoms. The van der Waals surface area contributed by atoms with E-state index in [1.165, 1.54) is 0 Å². The third kappa shape index (κ3) is 2.14. The number of rotatable bonds is 2. The zero-order chi connectivity index (χ0) is 9.84. The van der Waals surface area contributed by atoms with E-state index in [4.69, 9.17) is 0 Å². The fraction of sp³-hybridized carbons (Fsp3) is 0.667. The van der Waals surface area contributed by atoms with Crippen molar-refractivity contribution in [1.29, 1.82) is 0 Å². The minimum absolute atomic E-state index is 0.482. The molecule has 5 N–H and O–H groups in total. The lowest BCUT2D eigenvalue weighted by Gasteiger charge is -2.09. The molecule has 7 heteroatoms. The van der Waals surface area contributed by atoms with Gasteiger partial charge in [-0.3, -0.25) is 5.32 Å². The van der Waals surface area contributed by atoms with Crippen LogP contribution in [0.25, 0.3) is 0 Å². The maximum Gasteiger partial charge on any atom is 0.341 e. The first-order valence-corrected chi connectivity index (χ1v) is 3.76. The van der Waals surface area contributed by atoms with Crippen molar-refractivity contribution in [2.75, 3.05) is 0 Å². The molecular weight excluding hydrogens is 178 g/mol. The molecular formula is C6H11N3O4. The van der Waals surface area contributed by atoms with Crippen molar-refractivity contribution in [3.63, 3.8) is 0 Å². The number of hydrogen-bond donors (Lipinski definition) is 3. The predicted molar refractivity (Wildman–Crippen MR) is 40.5 cm³/mol. The van der Waals surface area contributed by atoms with Crippen molar-refractivity contribution < 1.29 is 19.3 Å². The third-order valence-electron chi connectivity index (χ3n) is 1.95. The highest BCUT2D eigenvalue weighted by molar-refractivity contribution is 5.80. The van der Waals surface area contributed by atoms with Gasteiger partial charge in [-0.25, -0.2) is 9.59 Å². The minimum Gasteiger partial charge on any atom is -0.372 e. The van der Waals surface area contributed by atoms with E-state index in [0.717, 1.165) is 0 Å². The van der Waals surface area contributed by atoms with E-state index in [2.05, 4.69) is 26.8 Å². The standard InChI is InChI=1S/C6H11N3O4/c7-12-5(10)3-1-2-4(9-3)6(11)13-8/h3-4,9H,1-2,7-8H2/t3-,4+. The molecule has 1 fully saturated rings. The molecule has 0 spiro atoms. The average molecular weight is 189 g/mol. The van der Waals surface area contributed by atoms with Crippen LogP contribution in [0.1, 0.15) is 12.8 Å². The van der Waals surface area contributed by atoms with E-state index < -0.39 is 24.0 Å². The number of carbonyl (C=O) groups excluding carboxylic acids is 2. The van der Waals surface area contributed by atoms with Crippen molar-refractivity contribution in [1.82, 2.24) is 5.32 Å². The summed E-state index contributed by atoms with van der Waals surface area (Å²) in [5.41, 5.74) is 0. The Morgan fingerprint density at radius 1 is 1.08 bits per heavy atom. The Bertz CT molecular complexity index is 198. The summed E-state index contributed by atoms with van der Waals surface area (Å²) < 4.78 is 0. The molecule has 1 aliphatic heterocycles. The first-order valence-electron chi connectivity index (χ1n) is 3.76. The van der Waals surface area contributed by atoms with Crippen LogP contribution in [0.2, 0.25) is 0 Å². The summed E-state index contributed by atoms with van der Waals surface area (Å²) in [5, 5.41) is 2.68. The van der Waals surface area contributed by atoms with Gasteiger partial charge in [0.1, 0.15) is 12.1 Å². The average Bonchev–Trinajstić information content (AvgIpc) is 2.64. The van der Waals surface area contributed by atoms with Crippen LogP contribution in [-0.2, 0) is 19.3 Å². The quantitative estimate of drug-likeness (QED) is 0.427. The largest absolute Gasteiger partial charge is 0.372 e. The van der Waals surface area contributed by atoms with Gasteiger partial charge < -0.3 is 9.68 Å². The zero-order valence-corrected chi connectivity index (χ0v) is 6.86. The Morgan fingerprint density at radius 3 is 1.77 bits per heavy atom. The summed E-state index contributed by atoms with van der Waals surface area (Å²) in [5.74, 6) is 8.17. The van der Waals surface area contributed by atoms with Crippen LogP contribution in [0.4, 0.5) is 0 Å². The van der Waals surface area contributed by atoms with Crippen molar-refractivity contribution in [3.05, 3.63) is 0 Å². The fourth-order valence-corrected chi connectivity index (χ4v) is 1.28. The van der Waals surface area contributed by atoms with Gasteiger partial charge in [0.05, 0.1) is 0 Å². The van der Waals surface area contributed by atoms with Gasteiger partial charge in [0.15, 0.2) is 0 Å². The highest BCUT2D eigenvalue weighted by Crippen LogP contribution is 2.13. The van der Waals surface area contributed by atoms with Crippen LogP contribution in [0.15, 0.2) is 0 Å². The lowest BCUT2D eigenvalue weighted by molar-refractivity contribution is -0.148. The monoisotopic (exact) mass is 189 g/mol. The predicted octanol–water partition coefficient (Wildman–Crippen LogP) is -2.06. The number of carbonyl (C=O) groups is 2. The van der Waals surface area contributed by atoms with Gasteiger partial charge in [-0.15, -0.1) is 0 Å². The molecule has 2 atom stereocenters. The Morgan fingerprint density at radius 2 is 1.46 bits per heavy atom. The second-order valence-electron chi connectivity index (χ2n) is 2.72. The SMILES string of the molecule is NOC(=O)[C@@H]1CC[C@H](C(=O)ON)N1. The molecule has 1 heterocycles. The van der Waals surface area contributed by atoms with E-state index >= 15 is 0 Å². The lowest BCUT2D eigenvalue weighted by Crippen LogP contribution is -2.42. The summed E-state index contributed by atoms with van der Waals surface area (Å²) >= 11 is 0. The summed E-state index contributed by atoms with van der Waals surface area (Å²) in [6.07, 6.45) is 0.964. The molecule has 7 nitrogen and oxygen atoms in total. The van der Waals surface area contributed by atoms with Crippen LogP contribution in [0, 0.1) is 0 Å². The second kappa shape index (κ2) is 4.17. The molecule has 0 amide bonds. The number of nitrogens with one attached hydrogen (secondary N) is 1. The van der Waals surface area contributed by atoms with Crippen LogP contribution < -0.4 is 17.1 Å². The van der Waals surface area contributed by atoms with Gasteiger partial charge in [0.2, 0.25) is 0 Å². The van der Waals surface area contributed by atoms with Crippen molar-refractivity contribution in [2.24, 2.45) is 11.8 Å². The van der Waals surface area contributed by atoms with E-state index in [1.807, 2.05) is 0 Å². The highest BCUT2D eigenvalue weighted by Gasteiger charge is 2.34. The van der Waals surface area contributed by atoms with Gasteiger partial charge in [-0.1, -0.05) is 0 Å². The summed E-state index contributed by atoms with van der Waals surface area (Å²) in [4.78, 5) is 29.8. The van der Waals surface area contributed by atoms with E-state index in [-0.39, 0.29) is 0 Å². The molecule has 0 aliphatic carbocycles. The second-order valence-corrected chi connectivity index (χ2v) is 2.72. The summed E-state index contributed by atoms with van der Waals surface area (Å²) in [7, 11) is 0. The Hall–Kier alpha value is -1.18. The lowest BCUT2D eigenvalue weighted by atomic mass is 10.2. The molecule has 0 aromatic heterocycles. The van der Waals surface area contributed by atoms with Gasteiger partial charge in [0.25, 0.3) is 0 Å². The molecule has 74 valence electrons. The summed E-state index contributed by atoms with van der Waals surface area (Å²) in [6.45, 7) is 0. The first kappa shape index (κ1) is 9.90. The first-order chi connectivity index (χ1) is 6.19. The van der Waals surface area contributed by atoms with E-state index in [9.17, 15) is 9.59 Å². The molecule has 0 saturated carbocycles. The van der Waals surface area contributed by atoms with E-state index in [1.54, 1.807) is 0 Å². The zero-order valence-electron chi connectivity index (χ0n) is 6.86. The number of hydrogen-bond acceptors (Lipinski definition) is 7. The van der Waals surface area contributed by atoms with Crippen molar-refractivity contribution in [3.8, 4) is 0 Å². The van der Waals surface area contributed by atoms with Crippen molar-refractivity contribution >= 4 is 11.9 Å². The normalized spacial score (nSPS) is 26.9. The summed E-state index contributed by atoms with van der Waals surface area (Å²) in [6, 6.07) is -1.09. The molecule has 0 aromatic carbocycles. The van der Waals surface area contributed by atoms with Gasteiger partial charge in [0, 0.05) is 0 Å². The van der Waals surface area contributed by atoms with Crippen molar-refractivity contribution in [2.45, 2.75) is 24.9 Å². The molecule has 1 rings (SSSR count). The smallest absolute Gasteiger partial charge is 0.341 e. The number of nitrogens with two attached hydrogens (primary N) is 2. The van der Waals surface area contributed by atoms with Crippen LogP contribution in [-0.4, -0.2) is 24.0 Å². The molecule has 1 aliphatic rings. The molecule has 0 bridgehead atoms. The van der Waals surface area contributed by atoms with E-state index in [0.29, 0.717) is 12.8 Å². The molecule has 1 saturated heterocycles. The highest BCUT2D eigenvalue weighted by atomic mass is 16.7. The van der Waals surface area contributed by atoms with Gasteiger partial charge in [-0.2, -0.15) is 11.8 Å². The van der Waals surface area contributed by atoms with Crippen LogP contribution >= 0.6 is 0 Å². The van der Waals surface area contributed by atoms with Crippen LogP contribution in [0.5, 0.6) is 0 Å². The molecule has 0 aromatic rings. The maximum absolute atomic E-state index is 10.9. The van der Waals surface area contributed by atoms with Crippen LogP contribution in [0.3, 0.4) is 0 Å². The maximum atomic E-state index is 10.9.